The van der Waals surface area contributed by atoms with Crippen molar-refractivity contribution in [3.05, 3.63) is 60.2 Å². The van der Waals surface area contributed by atoms with E-state index in [-0.39, 0.29) is 18.2 Å². The molecule has 4 nitrogen and oxygen atoms in total. The van der Waals surface area contributed by atoms with E-state index in [4.69, 9.17) is 4.74 Å². The van der Waals surface area contributed by atoms with Crippen molar-refractivity contribution in [1.29, 1.82) is 0 Å². The summed E-state index contributed by atoms with van der Waals surface area (Å²) >= 11 is 0. The lowest BCUT2D eigenvalue weighted by atomic mass is 10.0. The van der Waals surface area contributed by atoms with Crippen LogP contribution in [0.25, 0.3) is 11.1 Å². The largest absolute Gasteiger partial charge is 0.467 e. The van der Waals surface area contributed by atoms with Gasteiger partial charge in [0.1, 0.15) is 6.04 Å². The zero-order valence-corrected chi connectivity index (χ0v) is 15.0. The molecule has 0 fully saturated rings. The van der Waals surface area contributed by atoms with E-state index in [2.05, 4.69) is 17.4 Å². The molecular weight excluding hydrogens is 314 g/mol. The van der Waals surface area contributed by atoms with E-state index in [1.165, 1.54) is 7.11 Å². The Kier molecular flexibility index (Phi) is 6.75. The van der Waals surface area contributed by atoms with Crippen molar-refractivity contribution in [2.75, 3.05) is 7.11 Å². The van der Waals surface area contributed by atoms with Crippen molar-refractivity contribution in [1.82, 2.24) is 5.32 Å². The van der Waals surface area contributed by atoms with Gasteiger partial charge in [-0.3, -0.25) is 4.79 Å². The summed E-state index contributed by atoms with van der Waals surface area (Å²) in [5.74, 6) is -0.292. The summed E-state index contributed by atoms with van der Waals surface area (Å²) in [6, 6.07) is 17.4. The molecule has 0 saturated heterocycles. The number of esters is 1. The van der Waals surface area contributed by atoms with E-state index >= 15 is 0 Å². The van der Waals surface area contributed by atoms with Crippen LogP contribution in [0.3, 0.4) is 0 Å². The third kappa shape index (κ3) is 5.75. The molecule has 0 radical (unpaired) electrons. The lowest BCUT2D eigenvalue weighted by Crippen LogP contribution is -2.43. The van der Waals surface area contributed by atoms with Crippen LogP contribution in [0.15, 0.2) is 54.6 Å². The smallest absolute Gasteiger partial charge is 0.328 e. The van der Waals surface area contributed by atoms with Gasteiger partial charge in [-0.1, -0.05) is 68.4 Å². The predicted octanol–water partition coefficient (Wildman–Crippen LogP) is 3.60. The molecule has 132 valence electrons. The number of amides is 1. The first-order chi connectivity index (χ1) is 12.0. The van der Waals surface area contributed by atoms with Gasteiger partial charge >= 0.3 is 5.97 Å². The summed E-state index contributed by atoms with van der Waals surface area (Å²) < 4.78 is 4.78. The van der Waals surface area contributed by atoms with Crippen LogP contribution in [0.2, 0.25) is 0 Å². The Bertz CT molecular complexity index is 693. The minimum absolute atomic E-state index is 0.177. The third-order valence-electron chi connectivity index (χ3n) is 3.95. The summed E-state index contributed by atoms with van der Waals surface area (Å²) in [7, 11) is 1.34. The van der Waals surface area contributed by atoms with Crippen LogP contribution in [0.4, 0.5) is 0 Å². The van der Waals surface area contributed by atoms with Gasteiger partial charge in [0.15, 0.2) is 0 Å². The summed E-state index contributed by atoms with van der Waals surface area (Å²) in [6.45, 7) is 4.01. The van der Waals surface area contributed by atoms with Gasteiger partial charge in [0.2, 0.25) is 5.91 Å². The van der Waals surface area contributed by atoms with Gasteiger partial charge in [-0.05, 0) is 29.0 Å². The molecule has 0 aliphatic carbocycles. The summed E-state index contributed by atoms with van der Waals surface area (Å²) in [6.07, 6.45) is 0.798. The number of carbonyl (C=O) groups is 2. The summed E-state index contributed by atoms with van der Waals surface area (Å²) in [5, 5.41) is 2.78. The van der Waals surface area contributed by atoms with E-state index < -0.39 is 12.0 Å². The lowest BCUT2D eigenvalue weighted by Gasteiger charge is -2.18. The Labute approximate surface area is 149 Å². The maximum absolute atomic E-state index is 12.3. The zero-order valence-electron chi connectivity index (χ0n) is 15.0. The number of nitrogens with one attached hydrogen (secondary N) is 1. The highest BCUT2D eigenvalue weighted by atomic mass is 16.5. The minimum Gasteiger partial charge on any atom is -0.467 e. The van der Waals surface area contributed by atoms with Crippen LogP contribution in [-0.4, -0.2) is 25.0 Å². The van der Waals surface area contributed by atoms with Crippen LogP contribution in [0, 0.1) is 5.92 Å². The van der Waals surface area contributed by atoms with Gasteiger partial charge in [0.25, 0.3) is 0 Å². The van der Waals surface area contributed by atoms with Gasteiger partial charge in [0.05, 0.1) is 13.5 Å². The number of hydrogen-bond acceptors (Lipinski definition) is 3. The zero-order chi connectivity index (χ0) is 18.2. The van der Waals surface area contributed by atoms with Crippen molar-refractivity contribution in [3.8, 4) is 11.1 Å². The summed E-state index contributed by atoms with van der Waals surface area (Å²) in [4.78, 5) is 24.1. The highest BCUT2D eigenvalue weighted by Gasteiger charge is 2.22. The first-order valence-electron chi connectivity index (χ1n) is 8.51. The predicted molar refractivity (Wildman–Crippen MR) is 99.0 cm³/mol. The van der Waals surface area contributed by atoms with Crippen molar-refractivity contribution < 1.29 is 14.3 Å². The van der Waals surface area contributed by atoms with Gasteiger partial charge in [0, 0.05) is 0 Å². The Morgan fingerprint density at radius 3 is 2.12 bits per heavy atom. The fourth-order valence-electron chi connectivity index (χ4n) is 2.70. The number of methoxy groups -OCH3 is 1. The molecule has 0 spiro atoms. The Hall–Kier alpha value is -2.62. The Morgan fingerprint density at radius 1 is 0.960 bits per heavy atom. The van der Waals surface area contributed by atoms with Crippen LogP contribution in [0.1, 0.15) is 25.8 Å². The molecule has 1 unspecified atom stereocenters. The lowest BCUT2D eigenvalue weighted by molar-refractivity contribution is -0.145. The molecule has 2 rings (SSSR count). The number of carbonyl (C=O) groups excluding carboxylic acids is 2. The standard InChI is InChI=1S/C21H25NO3/c1-15(2)13-19(21(24)25-3)22-20(23)14-16-9-11-18(12-10-16)17-7-5-4-6-8-17/h4-12,15,19H,13-14H2,1-3H3,(H,22,23). The maximum Gasteiger partial charge on any atom is 0.328 e. The second kappa shape index (κ2) is 9.02. The van der Waals surface area contributed by atoms with E-state index in [0.717, 1.165) is 16.7 Å². The first-order valence-corrected chi connectivity index (χ1v) is 8.51. The molecule has 0 saturated carbocycles. The quantitative estimate of drug-likeness (QED) is 0.784. The van der Waals surface area contributed by atoms with Gasteiger partial charge in [-0.15, -0.1) is 0 Å². The Balaban J connectivity index is 1.98. The second-order valence-electron chi connectivity index (χ2n) is 6.51. The van der Waals surface area contributed by atoms with Crippen LogP contribution < -0.4 is 5.32 Å². The average Bonchev–Trinajstić information content (AvgIpc) is 2.61. The fourth-order valence-corrected chi connectivity index (χ4v) is 2.70. The van der Waals surface area contributed by atoms with Crippen molar-refractivity contribution in [2.24, 2.45) is 5.92 Å². The molecule has 0 heterocycles. The molecular formula is C21H25NO3. The molecule has 2 aromatic rings. The van der Waals surface area contributed by atoms with Crippen LogP contribution in [0.5, 0.6) is 0 Å². The van der Waals surface area contributed by atoms with Crippen molar-refractivity contribution >= 4 is 11.9 Å². The Morgan fingerprint density at radius 2 is 1.56 bits per heavy atom. The topological polar surface area (TPSA) is 55.4 Å². The van der Waals surface area contributed by atoms with Gasteiger partial charge in [-0.2, -0.15) is 0 Å². The molecule has 0 aromatic heterocycles. The van der Waals surface area contributed by atoms with E-state index in [1.807, 2.05) is 56.3 Å². The monoisotopic (exact) mass is 339 g/mol. The molecule has 4 heteroatoms. The molecule has 1 amide bonds. The molecule has 0 bridgehead atoms. The molecule has 2 aromatic carbocycles. The van der Waals surface area contributed by atoms with E-state index in [9.17, 15) is 9.59 Å². The van der Waals surface area contributed by atoms with Gasteiger partial charge in [-0.25, -0.2) is 4.79 Å². The fraction of sp³-hybridized carbons (Fsp3) is 0.333. The van der Waals surface area contributed by atoms with E-state index in [0.29, 0.717) is 6.42 Å². The highest BCUT2D eigenvalue weighted by molar-refractivity contribution is 5.85. The first kappa shape index (κ1) is 18.7. The van der Waals surface area contributed by atoms with Gasteiger partial charge < -0.3 is 10.1 Å². The molecule has 1 atom stereocenters. The average molecular weight is 339 g/mol. The van der Waals surface area contributed by atoms with E-state index in [1.54, 1.807) is 0 Å². The number of ether oxygens (including phenoxy) is 1. The molecule has 0 aliphatic rings. The molecule has 0 aliphatic heterocycles. The summed E-state index contributed by atoms with van der Waals surface area (Å²) in [5.41, 5.74) is 3.16. The minimum atomic E-state index is -0.596. The number of hydrogen-bond donors (Lipinski definition) is 1. The number of rotatable bonds is 7. The second-order valence-corrected chi connectivity index (χ2v) is 6.51. The number of benzene rings is 2. The third-order valence-corrected chi connectivity index (χ3v) is 3.95. The molecule has 25 heavy (non-hydrogen) atoms. The molecule has 1 N–H and O–H groups in total. The highest BCUT2D eigenvalue weighted by Crippen LogP contribution is 2.19. The normalized spacial score (nSPS) is 11.8. The van der Waals surface area contributed by atoms with Crippen LogP contribution >= 0.6 is 0 Å². The van der Waals surface area contributed by atoms with Crippen molar-refractivity contribution in [3.63, 3.8) is 0 Å². The van der Waals surface area contributed by atoms with Crippen LogP contribution in [-0.2, 0) is 20.7 Å². The SMILES string of the molecule is COC(=O)C(CC(C)C)NC(=O)Cc1ccc(-c2ccccc2)cc1. The maximum atomic E-state index is 12.3. The van der Waals surface area contributed by atoms with Crippen molar-refractivity contribution in [2.45, 2.75) is 32.7 Å².